The molecule has 3 heteroatoms. The normalized spacial score (nSPS) is 15.4. The highest BCUT2D eigenvalue weighted by atomic mass is 16.2. The number of rotatable bonds is 4. The minimum absolute atomic E-state index is 0.247. The zero-order valence-corrected chi connectivity index (χ0v) is 9.69. The molecule has 0 fully saturated rings. The molecule has 2 rings (SSSR count). The van der Waals surface area contributed by atoms with Crippen molar-refractivity contribution in [1.82, 2.24) is 4.90 Å². The number of nitrogens with zero attached hydrogens (tertiary/aromatic N) is 2. The highest BCUT2D eigenvalue weighted by molar-refractivity contribution is 6.00. The third-order valence-electron chi connectivity index (χ3n) is 2.92. The molecule has 1 aliphatic heterocycles. The molecule has 1 aromatic carbocycles. The molecule has 0 aromatic heterocycles. The van der Waals surface area contributed by atoms with Gasteiger partial charge in [0.1, 0.15) is 5.84 Å². The van der Waals surface area contributed by atoms with Crippen molar-refractivity contribution in [1.29, 1.82) is 0 Å². The number of hydrogen-bond acceptors (Lipinski definition) is 3. The monoisotopic (exact) mass is 218 g/mol. The van der Waals surface area contributed by atoms with Gasteiger partial charge in [-0.1, -0.05) is 24.3 Å². The van der Waals surface area contributed by atoms with E-state index in [1.54, 1.807) is 0 Å². The van der Waals surface area contributed by atoms with Crippen LogP contribution in [0.4, 0.5) is 0 Å². The summed E-state index contributed by atoms with van der Waals surface area (Å²) in [6.45, 7) is 2.14. The third kappa shape index (κ3) is 2.25. The number of aliphatic imine (C=N–C) groups is 1. The zero-order chi connectivity index (χ0) is 11.4. The Balaban J connectivity index is 2.25. The summed E-state index contributed by atoms with van der Waals surface area (Å²) in [6, 6.07) is 8.34. The lowest BCUT2D eigenvalue weighted by Gasteiger charge is -2.16. The van der Waals surface area contributed by atoms with Crippen molar-refractivity contribution < 1.29 is 5.11 Å². The molecule has 0 amide bonds. The van der Waals surface area contributed by atoms with E-state index in [4.69, 9.17) is 5.11 Å². The number of aryl methyl sites for hydroxylation is 1. The fourth-order valence-corrected chi connectivity index (χ4v) is 2.05. The predicted octanol–water partition coefficient (Wildman–Crippen LogP) is 1.30. The number of aliphatic hydroxyl groups excluding tert-OH is 1. The molecule has 1 aliphatic rings. The van der Waals surface area contributed by atoms with Crippen LogP contribution in [0, 0.1) is 0 Å². The number of hydrogen-bond donors (Lipinski definition) is 1. The fraction of sp³-hybridized carbons (Fsp3) is 0.462. The van der Waals surface area contributed by atoms with Gasteiger partial charge in [-0.3, -0.25) is 4.99 Å². The summed E-state index contributed by atoms with van der Waals surface area (Å²) in [5.74, 6) is 1.09. The van der Waals surface area contributed by atoms with E-state index in [1.165, 1.54) is 11.1 Å². The van der Waals surface area contributed by atoms with Gasteiger partial charge in [-0.2, -0.15) is 0 Å². The van der Waals surface area contributed by atoms with Crippen molar-refractivity contribution in [3.8, 4) is 0 Å². The minimum atomic E-state index is 0.247. The van der Waals surface area contributed by atoms with Gasteiger partial charge in [-0.05, 0) is 18.4 Å². The van der Waals surface area contributed by atoms with E-state index in [-0.39, 0.29) is 6.61 Å². The second-order valence-electron chi connectivity index (χ2n) is 4.11. The summed E-state index contributed by atoms with van der Waals surface area (Å²) in [4.78, 5) is 6.73. The summed E-state index contributed by atoms with van der Waals surface area (Å²) in [6.07, 6.45) is 1.73. The first-order valence-electron chi connectivity index (χ1n) is 5.77. The lowest BCUT2D eigenvalue weighted by Crippen LogP contribution is -2.24. The largest absolute Gasteiger partial charge is 0.396 e. The molecule has 0 saturated carbocycles. The summed E-state index contributed by atoms with van der Waals surface area (Å²) in [5, 5.41) is 8.90. The first-order valence-corrected chi connectivity index (χ1v) is 5.77. The first-order chi connectivity index (χ1) is 7.83. The summed E-state index contributed by atoms with van der Waals surface area (Å²) in [7, 11) is 2.08. The molecule has 0 spiro atoms. The van der Waals surface area contributed by atoms with Gasteiger partial charge in [0.25, 0.3) is 0 Å². The van der Waals surface area contributed by atoms with Crippen molar-refractivity contribution in [3.63, 3.8) is 0 Å². The van der Waals surface area contributed by atoms with Crippen molar-refractivity contribution in [3.05, 3.63) is 35.4 Å². The van der Waals surface area contributed by atoms with Crippen molar-refractivity contribution in [2.75, 3.05) is 26.7 Å². The van der Waals surface area contributed by atoms with E-state index in [0.717, 1.165) is 31.8 Å². The maximum absolute atomic E-state index is 8.90. The maximum Gasteiger partial charge on any atom is 0.131 e. The van der Waals surface area contributed by atoms with Crippen LogP contribution < -0.4 is 0 Å². The van der Waals surface area contributed by atoms with E-state index in [0.29, 0.717) is 0 Å². The Kier molecular flexibility index (Phi) is 3.57. The Morgan fingerprint density at radius 1 is 1.38 bits per heavy atom. The summed E-state index contributed by atoms with van der Waals surface area (Å²) < 4.78 is 0. The highest BCUT2D eigenvalue weighted by Gasteiger charge is 2.16. The Hall–Kier alpha value is -1.35. The zero-order valence-electron chi connectivity index (χ0n) is 9.69. The Labute approximate surface area is 96.4 Å². The molecule has 3 nitrogen and oxygen atoms in total. The molecule has 1 aromatic rings. The molecule has 1 heterocycles. The molecule has 0 aliphatic carbocycles. The van der Waals surface area contributed by atoms with Crippen LogP contribution in [0.3, 0.4) is 0 Å². The Bertz CT molecular complexity index is 387. The van der Waals surface area contributed by atoms with Gasteiger partial charge in [0.15, 0.2) is 0 Å². The Morgan fingerprint density at radius 2 is 2.19 bits per heavy atom. The van der Waals surface area contributed by atoms with Crippen LogP contribution in [-0.4, -0.2) is 42.6 Å². The van der Waals surface area contributed by atoms with E-state index in [2.05, 4.69) is 29.1 Å². The van der Waals surface area contributed by atoms with Crippen LogP contribution in [0.5, 0.6) is 0 Å². The fourth-order valence-electron chi connectivity index (χ4n) is 2.05. The first kappa shape index (κ1) is 11.1. The van der Waals surface area contributed by atoms with Crippen LogP contribution >= 0.6 is 0 Å². The van der Waals surface area contributed by atoms with Crippen LogP contribution in [0.25, 0.3) is 0 Å². The third-order valence-corrected chi connectivity index (χ3v) is 2.92. The van der Waals surface area contributed by atoms with E-state index < -0.39 is 0 Å². The molecule has 0 radical (unpaired) electrons. The van der Waals surface area contributed by atoms with Gasteiger partial charge in [0.2, 0.25) is 0 Å². The van der Waals surface area contributed by atoms with Crippen molar-refractivity contribution >= 4 is 5.84 Å². The topological polar surface area (TPSA) is 35.8 Å². The van der Waals surface area contributed by atoms with Gasteiger partial charge in [-0.15, -0.1) is 0 Å². The van der Waals surface area contributed by atoms with Crippen molar-refractivity contribution in [2.45, 2.75) is 12.8 Å². The van der Waals surface area contributed by atoms with Gasteiger partial charge in [-0.25, -0.2) is 0 Å². The lowest BCUT2D eigenvalue weighted by atomic mass is 10.0. The number of likely N-dealkylation sites (N-methyl/N-ethyl adjacent to an activating group) is 1. The average Bonchev–Trinajstić information content (AvgIpc) is 2.73. The highest BCUT2D eigenvalue weighted by Crippen LogP contribution is 2.16. The lowest BCUT2D eigenvalue weighted by molar-refractivity contribution is 0.288. The van der Waals surface area contributed by atoms with E-state index >= 15 is 0 Å². The van der Waals surface area contributed by atoms with Crippen LogP contribution in [-0.2, 0) is 6.42 Å². The smallest absolute Gasteiger partial charge is 0.131 e. The molecular weight excluding hydrogens is 200 g/mol. The number of amidine groups is 1. The van der Waals surface area contributed by atoms with Crippen molar-refractivity contribution in [2.24, 2.45) is 4.99 Å². The molecule has 0 saturated heterocycles. The number of benzene rings is 1. The van der Waals surface area contributed by atoms with Gasteiger partial charge in [0.05, 0.1) is 6.54 Å². The van der Waals surface area contributed by atoms with Gasteiger partial charge in [0, 0.05) is 25.8 Å². The molecule has 1 N–H and O–H groups in total. The quantitative estimate of drug-likeness (QED) is 0.827. The Morgan fingerprint density at radius 3 is 2.88 bits per heavy atom. The molecule has 0 atom stereocenters. The number of aliphatic hydroxyl groups is 1. The summed E-state index contributed by atoms with van der Waals surface area (Å²) in [5.41, 5.74) is 2.50. The van der Waals surface area contributed by atoms with Gasteiger partial charge >= 0.3 is 0 Å². The molecule has 0 unspecified atom stereocenters. The maximum atomic E-state index is 8.90. The summed E-state index contributed by atoms with van der Waals surface area (Å²) >= 11 is 0. The molecule has 0 bridgehead atoms. The SMILES string of the molecule is CN1CCN=C1c1ccccc1CCCO. The van der Waals surface area contributed by atoms with E-state index in [9.17, 15) is 0 Å². The van der Waals surface area contributed by atoms with Crippen LogP contribution in [0.15, 0.2) is 29.3 Å². The molecule has 86 valence electrons. The average molecular weight is 218 g/mol. The van der Waals surface area contributed by atoms with Crippen LogP contribution in [0.1, 0.15) is 17.5 Å². The second kappa shape index (κ2) is 5.12. The van der Waals surface area contributed by atoms with Gasteiger partial charge < -0.3 is 10.0 Å². The van der Waals surface area contributed by atoms with E-state index in [1.807, 2.05) is 12.1 Å². The predicted molar refractivity (Wildman–Crippen MR) is 65.9 cm³/mol. The standard InChI is InChI=1S/C13H18N2O/c1-15-9-8-14-13(15)12-7-3-2-5-11(12)6-4-10-16/h2-3,5,7,16H,4,6,8-10H2,1H3. The minimum Gasteiger partial charge on any atom is -0.396 e. The van der Waals surface area contributed by atoms with Crippen LogP contribution in [0.2, 0.25) is 0 Å². The second-order valence-corrected chi connectivity index (χ2v) is 4.11. The molecule has 16 heavy (non-hydrogen) atoms. The molecular formula is C13H18N2O.